The van der Waals surface area contributed by atoms with Crippen molar-refractivity contribution in [3.05, 3.63) is 0 Å². The van der Waals surface area contributed by atoms with E-state index in [0.717, 1.165) is 6.42 Å². The zero-order chi connectivity index (χ0) is 7.82. The molecule has 0 aromatic rings. The van der Waals surface area contributed by atoms with E-state index in [-0.39, 0.29) is 29.6 Å². The fraction of sp³-hybridized carbons (Fsp3) is 0.750. The summed E-state index contributed by atoms with van der Waals surface area (Å²) < 4.78 is 0. The Morgan fingerprint density at radius 3 is 2.73 bits per heavy atom. The van der Waals surface area contributed by atoms with Crippen LogP contribution >= 0.6 is 0 Å². The summed E-state index contributed by atoms with van der Waals surface area (Å²) in [7, 11) is 0. The molecule has 6 nitrogen and oxygen atoms in total. The molecule has 0 aliphatic rings. The molecule has 0 unspecified atom stereocenters. The fourth-order valence-electron chi connectivity index (χ4n) is 0.272. The molecule has 0 spiro atoms. The zero-order valence-corrected chi connectivity index (χ0v) is 8.81. The van der Waals surface area contributed by atoms with Gasteiger partial charge in [0.2, 0.25) is 0 Å². The molecule has 1 radical (unpaired) electrons. The second-order valence-corrected chi connectivity index (χ2v) is 1.55. The average molecular weight is 171 g/mol. The van der Waals surface area contributed by atoms with Gasteiger partial charge >= 0.3 is 6.03 Å². The Balaban J connectivity index is 0. The number of carbonyl (C=O) groups excluding carboxylic acids is 1. The number of nitrogens with two attached hydrogens (primary N) is 1. The zero-order valence-electron chi connectivity index (χ0n) is 6.81. The van der Waals surface area contributed by atoms with Crippen molar-refractivity contribution in [1.82, 2.24) is 16.4 Å². The average Bonchev–Trinajstić information content (AvgIpc) is 1.98. The van der Waals surface area contributed by atoms with Gasteiger partial charge in [-0.05, 0) is 6.42 Å². The summed E-state index contributed by atoms with van der Waals surface area (Å²) in [5.74, 6) is 4.73. The van der Waals surface area contributed by atoms with Crippen LogP contribution < -0.4 is 22.3 Å². The molecule has 0 aliphatic heterocycles. The van der Waals surface area contributed by atoms with E-state index in [1.165, 1.54) is 0 Å². The van der Waals surface area contributed by atoms with Gasteiger partial charge in [-0.1, -0.05) is 6.92 Å². The standard InChI is InChI=1S/C4H12N4O2.Na/c1-2-3-10-8-7-4(9)6-5;/h8H,2-3,5H2,1H3,(H2,6,7,9);. The van der Waals surface area contributed by atoms with Crippen LogP contribution in [-0.4, -0.2) is 42.2 Å². The molecule has 0 aromatic heterocycles. The third-order valence-corrected chi connectivity index (χ3v) is 0.674. The Morgan fingerprint density at radius 2 is 2.27 bits per heavy atom. The molecule has 0 saturated heterocycles. The Bertz CT molecular complexity index is 102. The molecule has 7 heteroatoms. The minimum atomic E-state index is -0.545. The minimum absolute atomic E-state index is 0. The van der Waals surface area contributed by atoms with Crippen LogP contribution in [0.5, 0.6) is 0 Å². The van der Waals surface area contributed by atoms with E-state index in [4.69, 9.17) is 5.84 Å². The Hall–Kier alpha value is 0.150. The van der Waals surface area contributed by atoms with Crippen LogP contribution in [0.25, 0.3) is 0 Å². The van der Waals surface area contributed by atoms with Crippen LogP contribution in [0.1, 0.15) is 13.3 Å². The largest absolute Gasteiger partial charge is 0.345 e. The molecule has 0 bridgehead atoms. The molecule has 11 heavy (non-hydrogen) atoms. The number of carbonyl (C=O) groups is 1. The van der Waals surface area contributed by atoms with Crippen LogP contribution in [0.3, 0.4) is 0 Å². The van der Waals surface area contributed by atoms with Crippen LogP contribution in [0.2, 0.25) is 0 Å². The molecule has 0 aromatic carbocycles. The number of hydrogen-bond acceptors (Lipinski definition) is 4. The van der Waals surface area contributed by atoms with Gasteiger partial charge in [-0.2, -0.15) is 0 Å². The Kier molecular flexibility index (Phi) is 12.7. The number of urea groups is 1. The third-order valence-electron chi connectivity index (χ3n) is 0.674. The van der Waals surface area contributed by atoms with Crippen molar-refractivity contribution in [3.63, 3.8) is 0 Å². The Labute approximate surface area is 87.4 Å². The molecule has 0 heterocycles. The van der Waals surface area contributed by atoms with E-state index in [2.05, 4.69) is 15.9 Å². The quantitative estimate of drug-likeness (QED) is 0.138. The molecular weight excluding hydrogens is 159 g/mol. The summed E-state index contributed by atoms with van der Waals surface area (Å²) in [5, 5.41) is 0. The van der Waals surface area contributed by atoms with Gasteiger partial charge in [-0.3, -0.25) is 10.3 Å². The maximum absolute atomic E-state index is 10.3. The second kappa shape index (κ2) is 10.2. The molecule has 0 atom stereocenters. The Morgan fingerprint density at radius 1 is 1.64 bits per heavy atom. The van der Waals surface area contributed by atoms with E-state index in [9.17, 15) is 4.79 Å². The summed E-state index contributed by atoms with van der Waals surface area (Å²) in [6, 6.07) is -0.545. The smallest absolute Gasteiger partial charge is 0.282 e. The maximum atomic E-state index is 10.3. The molecule has 0 saturated carbocycles. The summed E-state index contributed by atoms with van der Waals surface area (Å²) in [6.07, 6.45) is 0.874. The van der Waals surface area contributed by atoms with Crippen molar-refractivity contribution in [2.24, 2.45) is 5.84 Å². The number of nitrogens with one attached hydrogen (secondary N) is 3. The van der Waals surface area contributed by atoms with Gasteiger partial charge in [-0.25, -0.2) is 16.1 Å². The van der Waals surface area contributed by atoms with Gasteiger partial charge in [-0.15, -0.1) is 5.59 Å². The first-order valence-electron chi connectivity index (χ1n) is 2.94. The number of hydrazine groups is 2. The predicted molar refractivity (Wildman–Crippen MR) is 41.0 cm³/mol. The molecule has 0 aliphatic carbocycles. The first kappa shape index (κ1) is 13.7. The first-order chi connectivity index (χ1) is 4.81. The second-order valence-electron chi connectivity index (χ2n) is 1.55. The molecule has 5 N–H and O–H groups in total. The predicted octanol–water partition coefficient (Wildman–Crippen LogP) is -1.38. The molecule has 61 valence electrons. The molecule has 0 fully saturated rings. The topological polar surface area (TPSA) is 88.4 Å². The van der Waals surface area contributed by atoms with Crippen molar-refractivity contribution in [3.8, 4) is 0 Å². The van der Waals surface area contributed by atoms with Crippen molar-refractivity contribution in [2.75, 3.05) is 6.61 Å². The summed E-state index contributed by atoms with van der Waals surface area (Å²) in [6.45, 7) is 2.48. The van der Waals surface area contributed by atoms with Gasteiger partial charge in [0, 0.05) is 29.6 Å². The normalized spacial score (nSPS) is 8.18. The number of hydrogen-bond donors (Lipinski definition) is 4. The maximum Gasteiger partial charge on any atom is 0.345 e. The van der Waals surface area contributed by atoms with Crippen molar-refractivity contribution in [2.45, 2.75) is 13.3 Å². The summed E-state index contributed by atoms with van der Waals surface area (Å²) >= 11 is 0. The number of amides is 2. The van der Waals surface area contributed by atoms with Gasteiger partial charge in [0.05, 0.1) is 6.61 Å². The van der Waals surface area contributed by atoms with Gasteiger partial charge in [0.15, 0.2) is 0 Å². The van der Waals surface area contributed by atoms with Crippen molar-refractivity contribution < 1.29 is 9.63 Å². The molecule has 2 amide bonds. The summed E-state index contributed by atoms with van der Waals surface area (Å²) in [4.78, 5) is 15.0. The van der Waals surface area contributed by atoms with E-state index in [0.29, 0.717) is 6.61 Å². The van der Waals surface area contributed by atoms with Gasteiger partial charge in [0.1, 0.15) is 0 Å². The van der Waals surface area contributed by atoms with Crippen molar-refractivity contribution in [1.29, 1.82) is 0 Å². The van der Waals surface area contributed by atoms with Crippen molar-refractivity contribution >= 4 is 35.6 Å². The monoisotopic (exact) mass is 171 g/mol. The first-order valence-corrected chi connectivity index (χ1v) is 2.94. The van der Waals surface area contributed by atoms with E-state index in [1.54, 1.807) is 0 Å². The third kappa shape index (κ3) is 10.2. The SMILES string of the molecule is CCCONNC(=O)NN.[Na]. The van der Waals surface area contributed by atoms with Gasteiger partial charge in [0.25, 0.3) is 0 Å². The fourth-order valence-corrected chi connectivity index (χ4v) is 0.272. The molecular formula is C4H12N4NaO2. The summed E-state index contributed by atoms with van der Waals surface area (Å²) in [5.41, 5.74) is 6.16. The van der Waals surface area contributed by atoms with E-state index >= 15 is 0 Å². The molecule has 0 rings (SSSR count). The van der Waals surface area contributed by atoms with Crippen LogP contribution in [0.15, 0.2) is 0 Å². The minimum Gasteiger partial charge on any atom is -0.282 e. The van der Waals surface area contributed by atoms with E-state index < -0.39 is 6.03 Å². The van der Waals surface area contributed by atoms with Gasteiger partial charge < -0.3 is 0 Å². The number of rotatable bonds is 4. The van der Waals surface area contributed by atoms with Crippen LogP contribution in [-0.2, 0) is 4.84 Å². The van der Waals surface area contributed by atoms with Crippen LogP contribution in [0, 0.1) is 0 Å². The van der Waals surface area contributed by atoms with E-state index in [1.807, 2.05) is 12.3 Å². The van der Waals surface area contributed by atoms with Crippen LogP contribution in [0.4, 0.5) is 4.79 Å².